The van der Waals surface area contributed by atoms with E-state index in [1.54, 1.807) is 12.1 Å². The number of halogens is 1. The summed E-state index contributed by atoms with van der Waals surface area (Å²) >= 11 is 4.10. The molecule has 6 nitrogen and oxygen atoms in total. The van der Waals surface area contributed by atoms with Crippen molar-refractivity contribution >= 4 is 43.3 Å². The van der Waals surface area contributed by atoms with Crippen LogP contribution in [0.4, 0.5) is 10.1 Å². The van der Waals surface area contributed by atoms with Gasteiger partial charge in [0.25, 0.3) is 5.91 Å². The first-order chi connectivity index (χ1) is 8.97. The van der Waals surface area contributed by atoms with Crippen LogP contribution >= 0.6 is 27.3 Å². The molecule has 0 aliphatic carbocycles. The molecule has 0 saturated carbocycles. The third-order valence-electron chi connectivity index (χ3n) is 2.26. The Bertz CT molecular complexity index is 656. The second-order valence-electron chi connectivity index (χ2n) is 3.70. The fourth-order valence-electron chi connectivity index (χ4n) is 1.39. The van der Waals surface area contributed by atoms with Crippen molar-refractivity contribution in [2.45, 2.75) is 6.92 Å². The number of nitrogens with zero attached hydrogens (tertiary/aromatic N) is 2. The van der Waals surface area contributed by atoms with Crippen molar-refractivity contribution in [1.82, 2.24) is 4.98 Å². The Balaban J connectivity index is 2.20. The summed E-state index contributed by atoms with van der Waals surface area (Å²) in [7, 11) is 0. The minimum atomic E-state index is -0.546. The van der Waals surface area contributed by atoms with Crippen LogP contribution in [-0.2, 0) is 0 Å². The van der Waals surface area contributed by atoms with E-state index in [0.29, 0.717) is 10.0 Å². The standard InChI is InChI=1S/C11H8BrN3O3S/c1-6-2-3-8(12)7(4-6)10(16)14-11-13-5-9(19-11)15(17)18/h2-5H,1H3,(H,13,14,16). The maximum absolute atomic E-state index is 12.0. The number of anilines is 1. The average Bonchev–Trinajstić information content (AvgIpc) is 2.80. The summed E-state index contributed by atoms with van der Waals surface area (Å²) < 4.78 is 0.654. The first-order valence-electron chi connectivity index (χ1n) is 5.15. The molecule has 19 heavy (non-hydrogen) atoms. The Morgan fingerprint density at radius 2 is 2.26 bits per heavy atom. The number of carbonyl (C=O) groups is 1. The number of aromatic nitrogens is 1. The largest absolute Gasteiger partial charge is 0.345 e. The molecule has 1 N–H and O–H groups in total. The summed E-state index contributed by atoms with van der Waals surface area (Å²) in [6.07, 6.45) is 1.12. The van der Waals surface area contributed by atoms with E-state index in [-0.39, 0.29) is 16.0 Å². The summed E-state index contributed by atoms with van der Waals surface area (Å²) in [6, 6.07) is 5.37. The molecular weight excluding hydrogens is 334 g/mol. The van der Waals surface area contributed by atoms with Crippen LogP contribution in [-0.4, -0.2) is 15.8 Å². The zero-order chi connectivity index (χ0) is 14.0. The Kier molecular flexibility index (Phi) is 3.91. The molecule has 0 aliphatic heterocycles. The molecule has 1 aromatic heterocycles. The Hall–Kier alpha value is -1.80. The van der Waals surface area contributed by atoms with Crippen LogP contribution < -0.4 is 5.32 Å². The molecule has 0 saturated heterocycles. The summed E-state index contributed by atoms with van der Waals surface area (Å²) in [4.78, 5) is 25.8. The van der Waals surface area contributed by atoms with E-state index >= 15 is 0 Å². The quantitative estimate of drug-likeness (QED) is 0.684. The second-order valence-corrected chi connectivity index (χ2v) is 5.56. The number of nitro groups is 1. The highest BCUT2D eigenvalue weighted by Crippen LogP contribution is 2.26. The van der Waals surface area contributed by atoms with Gasteiger partial charge in [0, 0.05) is 4.47 Å². The molecular formula is C11H8BrN3O3S. The average molecular weight is 342 g/mol. The van der Waals surface area contributed by atoms with Gasteiger partial charge in [-0.15, -0.1) is 0 Å². The van der Waals surface area contributed by atoms with Crippen molar-refractivity contribution in [3.05, 3.63) is 50.1 Å². The number of nitrogens with one attached hydrogen (secondary N) is 1. The Morgan fingerprint density at radius 1 is 1.53 bits per heavy atom. The van der Waals surface area contributed by atoms with Gasteiger partial charge in [-0.1, -0.05) is 11.6 Å². The lowest BCUT2D eigenvalue weighted by molar-refractivity contribution is -0.380. The van der Waals surface area contributed by atoms with E-state index in [1.807, 2.05) is 13.0 Å². The third kappa shape index (κ3) is 3.15. The number of carbonyl (C=O) groups excluding carboxylic acids is 1. The van der Waals surface area contributed by atoms with Gasteiger partial charge in [0.15, 0.2) is 5.13 Å². The number of thiazole rings is 1. The number of benzene rings is 1. The van der Waals surface area contributed by atoms with Gasteiger partial charge in [-0.25, -0.2) is 4.98 Å². The highest BCUT2D eigenvalue weighted by Gasteiger charge is 2.15. The van der Waals surface area contributed by atoms with E-state index < -0.39 is 4.92 Å². The molecule has 1 aromatic carbocycles. The van der Waals surface area contributed by atoms with Crippen LogP contribution in [0.5, 0.6) is 0 Å². The van der Waals surface area contributed by atoms with Crippen molar-refractivity contribution in [3.63, 3.8) is 0 Å². The molecule has 0 bridgehead atoms. The Morgan fingerprint density at radius 3 is 2.89 bits per heavy atom. The number of rotatable bonds is 3. The molecule has 8 heteroatoms. The molecule has 0 atom stereocenters. The van der Waals surface area contributed by atoms with E-state index in [9.17, 15) is 14.9 Å². The summed E-state index contributed by atoms with van der Waals surface area (Å²) in [5.74, 6) is -0.361. The van der Waals surface area contributed by atoms with Gasteiger partial charge in [-0.3, -0.25) is 20.2 Å². The smallest absolute Gasteiger partial charge is 0.298 e. The lowest BCUT2D eigenvalue weighted by Gasteiger charge is -2.05. The third-order valence-corrected chi connectivity index (χ3v) is 3.82. The van der Waals surface area contributed by atoms with Crippen molar-refractivity contribution in [3.8, 4) is 0 Å². The number of hydrogen-bond donors (Lipinski definition) is 1. The summed E-state index contributed by atoms with van der Waals surface area (Å²) in [5.41, 5.74) is 1.40. The normalized spacial score (nSPS) is 10.2. The molecule has 1 amide bonds. The van der Waals surface area contributed by atoms with Gasteiger partial charge in [0.05, 0.1) is 10.5 Å². The lowest BCUT2D eigenvalue weighted by atomic mass is 10.1. The predicted octanol–water partition coefficient (Wildman–Crippen LogP) is 3.37. The topological polar surface area (TPSA) is 85.1 Å². The monoisotopic (exact) mass is 341 g/mol. The summed E-state index contributed by atoms with van der Waals surface area (Å²) in [5, 5.41) is 13.1. The molecule has 0 fully saturated rings. The molecule has 0 aliphatic rings. The van der Waals surface area contributed by atoms with Crippen molar-refractivity contribution in [2.75, 3.05) is 5.32 Å². The van der Waals surface area contributed by atoms with Gasteiger partial charge in [0.1, 0.15) is 6.20 Å². The number of aryl methyl sites for hydroxylation is 1. The van der Waals surface area contributed by atoms with Crippen LogP contribution in [0.25, 0.3) is 0 Å². The second kappa shape index (κ2) is 5.45. The van der Waals surface area contributed by atoms with Crippen molar-refractivity contribution in [2.24, 2.45) is 0 Å². The first kappa shape index (κ1) is 13.6. The first-order valence-corrected chi connectivity index (χ1v) is 6.76. The number of hydrogen-bond acceptors (Lipinski definition) is 5. The zero-order valence-electron chi connectivity index (χ0n) is 9.71. The fourth-order valence-corrected chi connectivity index (χ4v) is 2.44. The van der Waals surface area contributed by atoms with Gasteiger partial charge in [-0.2, -0.15) is 0 Å². The van der Waals surface area contributed by atoms with Crippen molar-refractivity contribution < 1.29 is 9.72 Å². The van der Waals surface area contributed by atoms with E-state index in [1.165, 1.54) is 0 Å². The van der Waals surface area contributed by atoms with E-state index in [4.69, 9.17) is 0 Å². The highest BCUT2D eigenvalue weighted by atomic mass is 79.9. The minimum absolute atomic E-state index is 0.112. The SMILES string of the molecule is Cc1ccc(Br)c(C(=O)Nc2ncc([N+](=O)[O-])s2)c1. The molecule has 0 spiro atoms. The lowest BCUT2D eigenvalue weighted by Crippen LogP contribution is -2.12. The maximum Gasteiger partial charge on any atom is 0.345 e. The van der Waals surface area contributed by atoms with Crippen LogP contribution in [0.15, 0.2) is 28.9 Å². The van der Waals surface area contributed by atoms with Crippen LogP contribution in [0.2, 0.25) is 0 Å². The van der Waals surface area contributed by atoms with Gasteiger partial charge < -0.3 is 0 Å². The Labute approximate surface area is 120 Å². The molecule has 1 heterocycles. The van der Waals surface area contributed by atoms with Gasteiger partial charge in [-0.05, 0) is 46.3 Å². The number of amides is 1. The van der Waals surface area contributed by atoms with E-state index in [0.717, 1.165) is 23.1 Å². The minimum Gasteiger partial charge on any atom is -0.298 e. The molecule has 0 unspecified atom stereocenters. The zero-order valence-corrected chi connectivity index (χ0v) is 12.1. The summed E-state index contributed by atoms with van der Waals surface area (Å²) in [6.45, 7) is 1.87. The maximum atomic E-state index is 12.0. The molecule has 2 rings (SSSR count). The van der Waals surface area contributed by atoms with Crippen LogP contribution in [0.1, 0.15) is 15.9 Å². The molecule has 98 valence electrons. The van der Waals surface area contributed by atoms with Crippen LogP contribution in [0.3, 0.4) is 0 Å². The van der Waals surface area contributed by atoms with Gasteiger partial charge >= 0.3 is 5.00 Å². The van der Waals surface area contributed by atoms with Crippen LogP contribution in [0, 0.1) is 17.0 Å². The van der Waals surface area contributed by atoms with E-state index in [2.05, 4.69) is 26.2 Å². The van der Waals surface area contributed by atoms with Gasteiger partial charge in [0.2, 0.25) is 0 Å². The fraction of sp³-hybridized carbons (Fsp3) is 0.0909. The van der Waals surface area contributed by atoms with Crippen molar-refractivity contribution in [1.29, 1.82) is 0 Å². The predicted molar refractivity (Wildman–Crippen MR) is 75.6 cm³/mol. The molecule has 2 aromatic rings. The molecule has 0 radical (unpaired) electrons. The highest BCUT2D eigenvalue weighted by molar-refractivity contribution is 9.10.